The summed E-state index contributed by atoms with van der Waals surface area (Å²) >= 11 is 0. The first kappa shape index (κ1) is 19.4. The molecule has 0 aromatic heterocycles. The van der Waals surface area contributed by atoms with Gasteiger partial charge in [0.1, 0.15) is 0 Å². The van der Waals surface area contributed by atoms with Crippen LogP contribution in [0.15, 0.2) is 42.5 Å². The molecule has 0 atom stereocenters. The van der Waals surface area contributed by atoms with Gasteiger partial charge in [-0.25, -0.2) is 8.42 Å². The molecule has 0 unspecified atom stereocenters. The summed E-state index contributed by atoms with van der Waals surface area (Å²) in [5.41, 5.74) is 3.68. The van der Waals surface area contributed by atoms with Crippen LogP contribution in [-0.2, 0) is 27.0 Å². The maximum atomic E-state index is 12.6. The van der Waals surface area contributed by atoms with E-state index in [9.17, 15) is 13.2 Å². The fourth-order valence-electron chi connectivity index (χ4n) is 3.27. The Balaban J connectivity index is 1.78. The van der Waals surface area contributed by atoms with Crippen molar-refractivity contribution in [2.24, 2.45) is 5.41 Å². The van der Waals surface area contributed by atoms with Gasteiger partial charge in [-0.05, 0) is 48.2 Å². The average molecular weight is 387 g/mol. The molecular weight excluding hydrogens is 360 g/mol. The summed E-state index contributed by atoms with van der Waals surface area (Å²) in [5, 5.41) is 0. The van der Waals surface area contributed by atoms with Crippen LogP contribution in [0.25, 0.3) is 0 Å². The second-order valence-electron chi connectivity index (χ2n) is 8.09. The minimum atomic E-state index is -3.51. The number of fused-ring (bicyclic) bond motifs is 1. The molecule has 0 radical (unpaired) electrons. The molecule has 2 aromatic carbocycles. The summed E-state index contributed by atoms with van der Waals surface area (Å²) in [5.74, 6) is 0.0138. The number of aryl methyl sites for hydroxylation is 1. The molecule has 1 aliphatic rings. The third-order valence-corrected chi connectivity index (χ3v) is 5.98. The molecule has 5 nitrogen and oxygen atoms in total. The van der Waals surface area contributed by atoms with Crippen LogP contribution in [0.3, 0.4) is 0 Å². The lowest BCUT2D eigenvalue weighted by atomic mass is 9.94. The van der Waals surface area contributed by atoms with Crippen molar-refractivity contribution >= 4 is 27.3 Å². The first-order valence-corrected chi connectivity index (χ1v) is 10.7. The fraction of sp³-hybridized carbons (Fsp3) is 0.381. The quantitative estimate of drug-likeness (QED) is 0.867. The van der Waals surface area contributed by atoms with Crippen molar-refractivity contribution in [3.8, 4) is 0 Å². The first-order valence-electron chi connectivity index (χ1n) is 9.07. The van der Waals surface area contributed by atoms with Crippen LogP contribution in [0.5, 0.6) is 0 Å². The Hall–Kier alpha value is -2.34. The van der Waals surface area contributed by atoms with Gasteiger partial charge in [0.15, 0.2) is 0 Å². The Kier molecular flexibility index (Phi) is 5.04. The van der Waals surface area contributed by atoms with Crippen molar-refractivity contribution in [2.45, 2.75) is 39.9 Å². The number of benzene rings is 2. The summed E-state index contributed by atoms with van der Waals surface area (Å²) in [4.78, 5) is 14.4. The zero-order valence-corrected chi connectivity index (χ0v) is 17.1. The lowest BCUT2D eigenvalue weighted by Crippen LogP contribution is -2.38. The van der Waals surface area contributed by atoms with Crippen LogP contribution in [0.2, 0.25) is 0 Å². The van der Waals surface area contributed by atoms with Gasteiger partial charge in [-0.1, -0.05) is 45.0 Å². The Morgan fingerprint density at radius 2 is 1.85 bits per heavy atom. The van der Waals surface area contributed by atoms with Gasteiger partial charge in [0.2, 0.25) is 15.9 Å². The summed E-state index contributed by atoms with van der Waals surface area (Å²) in [6.45, 7) is 8.25. The highest BCUT2D eigenvalue weighted by molar-refractivity contribution is 7.91. The highest BCUT2D eigenvalue weighted by Gasteiger charge is 2.32. The number of amides is 1. The molecule has 0 saturated carbocycles. The molecule has 27 heavy (non-hydrogen) atoms. The molecule has 0 bridgehead atoms. The topological polar surface area (TPSA) is 66.5 Å². The van der Waals surface area contributed by atoms with Crippen molar-refractivity contribution in [1.29, 1.82) is 0 Å². The molecule has 2 aromatic rings. The predicted molar refractivity (Wildman–Crippen MR) is 109 cm³/mol. The third kappa shape index (κ3) is 4.33. The molecule has 1 heterocycles. The summed E-state index contributed by atoms with van der Waals surface area (Å²) in [6, 6.07) is 12.9. The van der Waals surface area contributed by atoms with Gasteiger partial charge in [0.25, 0.3) is 0 Å². The number of rotatable bonds is 4. The van der Waals surface area contributed by atoms with Gasteiger partial charge in [-0.15, -0.1) is 0 Å². The molecular formula is C21H26N2O3S. The van der Waals surface area contributed by atoms with Crippen LogP contribution in [0.1, 0.15) is 37.5 Å². The normalized spacial score (nSPS) is 14.1. The fourth-order valence-corrected chi connectivity index (χ4v) is 4.57. The van der Waals surface area contributed by atoms with Gasteiger partial charge in [-0.2, -0.15) is 0 Å². The highest BCUT2D eigenvalue weighted by atomic mass is 32.2. The molecule has 1 amide bonds. The van der Waals surface area contributed by atoms with E-state index in [-0.39, 0.29) is 11.7 Å². The SMILES string of the molecule is Cc1ccccc1CS(=O)(=O)Nc1ccc2c(c1)CCN2C(=O)C(C)(C)C. The van der Waals surface area contributed by atoms with Gasteiger partial charge < -0.3 is 4.90 Å². The first-order chi connectivity index (χ1) is 12.6. The maximum absolute atomic E-state index is 12.6. The van der Waals surface area contributed by atoms with Crippen molar-refractivity contribution < 1.29 is 13.2 Å². The number of nitrogens with zero attached hydrogens (tertiary/aromatic N) is 1. The number of carbonyl (C=O) groups is 1. The molecule has 0 fully saturated rings. The minimum Gasteiger partial charge on any atom is -0.311 e. The van der Waals surface area contributed by atoms with Crippen LogP contribution in [0, 0.1) is 12.3 Å². The number of sulfonamides is 1. The summed E-state index contributed by atoms with van der Waals surface area (Å²) in [7, 11) is -3.51. The highest BCUT2D eigenvalue weighted by Crippen LogP contribution is 2.34. The molecule has 6 heteroatoms. The molecule has 0 aliphatic carbocycles. The Morgan fingerprint density at radius 3 is 2.52 bits per heavy atom. The number of nitrogens with one attached hydrogen (secondary N) is 1. The zero-order chi connectivity index (χ0) is 19.8. The number of hydrogen-bond acceptors (Lipinski definition) is 3. The number of anilines is 2. The molecule has 0 saturated heterocycles. The molecule has 0 spiro atoms. The van der Waals surface area contributed by atoms with Gasteiger partial charge >= 0.3 is 0 Å². The van der Waals surface area contributed by atoms with E-state index in [2.05, 4.69) is 4.72 Å². The van der Waals surface area contributed by atoms with Crippen molar-refractivity contribution in [2.75, 3.05) is 16.2 Å². The van der Waals surface area contributed by atoms with E-state index in [1.807, 2.05) is 64.1 Å². The van der Waals surface area contributed by atoms with Crippen LogP contribution < -0.4 is 9.62 Å². The maximum Gasteiger partial charge on any atom is 0.236 e. The van der Waals surface area contributed by atoms with Crippen molar-refractivity contribution in [3.63, 3.8) is 0 Å². The average Bonchev–Trinajstić information content (AvgIpc) is 2.97. The van der Waals surface area contributed by atoms with E-state index in [1.54, 1.807) is 11.0 Å². The van der Waals surface area contributed by atoms with E-state index >= 15 is 0 Å². The lowest BCUT2D eigenvalue weighted by molar-refractivity contribution is -0.125. The van der Waals surface area contributed by atoms with Gasteiger partial charge in [0.05, 0.1) is 5.75 Å². The van der Waals surface area contributed by atoms with E-state index in [4.69, 9.17) is 0 Å². The third-order valence-electron chi connectivity index (χ3n) is 4.74. The van der Waals surface area contributed by atoms with E-state index < -0.39 is 15.4 Å². The second kappa shape index (κ2) is 7.00. The summed E-state index contributed by atoms with van der Waals surface area (Å²) in [6.07, 6.45) is 0.727. The smallest absolute Gasteiger partial charge is 0.236 e. The Labute approximate surface area is 161 Å². The van der Waals surface area contributed by atoms with E-state index in [1.165, 1.54) is 0 Å². The van der Waals surface area contributed by atoms with Gasteiger partial charge in [-0.3, -0.25) is 9.52 Å². The largest absolute Gasteiger partial charge is 0.311 e. The number of hydrogen-bond donors (Lipinski definition) is 1. The summed E-state index contributed by atoms with van der Waals surface area (Å²) < 4.78 is 27.8. The minimum absolute atomic E-state index is 0.0641. The Morgan fingerprint density at radius 1 is 1.15 bits per heavy atom. The van der Waals surface area contributed by atoms with Crippen LogP contribution >= 0.6 is 0 Å². The zero-order valence-electron chi connectivity index (χ0n) is 16.2. The predicted octanol–water partition coefficient (Wildman–Crippen LogP) is 3.87. The second-order valence-corrected chi connectivity index (χ2v) is 9.81. The van der Waals surface area contributed by atoms with Gasteiger partial charge in [0, 0.05) is 23.3 Å². The molecule has 144 valence electrons. The monoisotopic (exact) mass is 386 g/mol. The number of carbonyl (C=O) groups excluding carboxylic acids is 1. The lowest BCUT2D eigenvalue weighted by Gasteiger charge is -2.26. The molecule has 1 N–H and O–H groups in total. The van der Waals surface area contributed by atoms with Crippen LogP contribution in [0.4, 0.5) is 11.4 Å². The van der Waals surface area contributed by atoms with E-state index in [0.29, 0.717) is 12.2 Å². The molecule has 3 rings (SSSR count). The Bertz CT molecular complexity index is 975. The molecule has 1 aliphatic heterocycles. The standard InChI is InChI=1S/C21H26N2O3S/c1-15-7-5-6-8-17(15)14-27(25,26)22-18-9-10-19-16(13-18)11-12-23(19)20(24)21(2,3)4/h5-10,13,22H,11-12,14H2,1-4H3. The van der Waals surface area contributed by atoms with Crippen molar-refractivity contribution in [3.05, 3.63) is 59.2 Å². The van der Waals surface area contributed by atoms with Crippen LogP contribution in [-0.4, -0.2) is 20.9 Å². The van der Waals surface area contributed by atoms with Crippen molar-refractivity contribution in [1.82, 2.24) is 0 Å². The van der Waals surface area contributed by atoms with E-state index in [0.717, 1.165) is 28.8 Å².